The number of nitrogens with zero attached hydrogens (tertiary/aromatic N) is 1. The maximum atomic E-state index is 12.9. The number of methoxy groups -OCH3 is 1. The summed E-state index contributed by atoms with van der Waals surface area (Å²) >= 11 is 0. The SMILES string of the molecule is CCOC(=O)CCCNC(=O)COC(=O)c1ccc(OC)c(S(=O)(=O)N2CCCC2)c1. The van der Waals surface area contributed by atoms with Crippen molar-refractivity contribution in [3.8, 4) is 5.75 Å². The molecule has 1 fully saturated rings. The lowest BCUT2D eigenvalue weighted by molar-refractivity contribution is -0.143. The van der Waals surface area contributed by atoms with E-state index in [1.165, 1.54) is 29.6 Å². The smallest absolute Gasteiger partial charge is 0.338 e. The van der Waals surface area contributed by atoms with Crippen molar-refractivity contribution in [2.45, 2.75) is 37.5 Å². The second-order valence-corrected chi connectivity index (χ2v) is 8.72. The summed E-state index contributed by atoms with van der Waals surface area (Å²) in [6.07, 6.45) is 2.12. The van der Waals surface area contributed by atoms with E-state index in [2.05, 4.69) is 5.32 Å². The first-order chi connectivity index (χ1) is 14.8. The Labute approximate surface area is 181 Å². The van der Waals surface area contributed by atoms with Gasteiger partial charge in [0.2, 0.25) is 10.0 Å². The third-order valence-corrected chi connectivity index (χ3v) is 6.52. The third-order valence-electron chi connectivity index (χ3n) is 4.60. The standard InChI is InChI=1S/C20H28N2O8S/c1-3-29-19(24)7-6-10-21-18(23)14-30-20(25)15-8-9-16(28-2)17(13-15)31(26,27)22-11-4-5-12-22/h8-9,13H,3-7,10-12,14H2,1-2H3,(H,21,23). The first-order valence-electron chi connectivity index (χ1n) is 10.1. The molecule has 1 amide bonds. The molecule has 172 valence electrons. The molecule has 11 heteroatoms. The molecule has 0 spiro atoms. The van der Waals surface area contributed by atoms with Gasteiger partial charge < -0.3 is 19.5 Å². The lowest BCUT2D eigenvalue weighted by Gasteiger charge is -2.18. The molecule has 1 aromatic carbocycles. The largest absolute Gasteiger partial charge is 0.495 e. The topological polar surface area (TPSA) is 128 Å². The number of hydrogen-bond acceptors (Lipinski definition) is 8. The van der Waals surface area contributed by atoms with E-state index in [4.69, 9.17) is 14.2 Å². The quantitative estimate of drug-likeness (QED) is 0.387. The third kappa shape index (κ3) is 6.93. The molecule has 0 aromatic heterocycles. The summed E-state index contributed by atoms with van der Waals surface area (Å²) in [5, 5.41) is 2.53. The fourth-order valence-corrected chi connectivity index (χ4v) is 4.73. The molecule has 0 bridgehead atoms. The minimum atomic E-state index is -3.81. The first-order valence-corrected chi connectivity index (χ1v) is 11.5. The van der Waals surface area contributed by atoms with E-state index in [0.29, 0.717) is 26.1 Å². The summed E-state index contributed by atoms with van der Waals surface area (Å²) < 4.78 is 42.0. The number of rotatable bonds is 11. The normalized spacial score (nSPS) is 14.1. The Bertz CT molecular complexity index is 894. The van der Waals surface area contributed by atoms with Crippen LogP contribution in [0.2, 0.25) is 0 Å². The van der Waals surface area contributed by atoms with Crippen molar-refractivity contribution in [2.75, 3.05) is 40.0 Å². The maximum absolute atomic E-state index is 12.9. The monoisotopic (exact) mass is 456 g/mol. The van der Waals surface area contributed by atoms with E-state index < -0.39 is 28.5 Å². The van der Waals surface area contributed by atoms with E-state index in [1.54, 1.807) is 6.92 Å². The Morgan fingerprint density at radius 3 is 2.48 bits per heavy atom. The van der Waals surface area contributed by atoms with Crippen LogP contribution in [0, 0.1) is 0 Å². The maximum Gasteiger partial charge on any atom is 0.338 e. The lowest BCUT2D eigenvalue weighted by atomic mass is 10.2. The zero-order chi connectivity index (χ0) is 22.9. The first kappa shape index (κ1) is 24.6. The summed E-state index contributed by atoms with van der Waals surface area (Å²) in [5.41, 5.74) is -0.00585. The number of amides is 1. The number of hydrogen-bond donors (Lipinski definition) is 1. The second kappa shape index (κ2) is 11.7. The van der Waals surface area contributed by atoms with Crippen LogP contribution in [0.25, 0.3) is 0 Å². The van der Waals surface area contributed by atoms with Gasteiger partial charge in [0.25, 0.3) is 5.91 Å². The van der Waals surface area contributed by atoms with Gasteiger partial charge in [-0.2, -0.15) is 4.31 Å². The van der Waals surface area contributed by atoms with E-state index in [1.807, 2.05) is 0 Å². The van der Waals surface area contributed by atoms with Gasteiger partial charge in [-0.25, -0.2) is 13.2 Å². The predicted molar refractivity (Wildman–Crippen MR) is 110 cm³/mol. The molecule has 31 heavy (non-hydrogen) atoms. The van der Waals surface area contributed by atoms with Crippen molar-refractivity contribution in [3.05, 3.63) is 23.8 Å². The molecule has 0 radical (unpaired) electrons. The number of carbonyl (C=O) groups excluding carboxylic acids is 3. The fraction of sp³-hybridized carbons (Fsp3) is 0.550. The molecule has 0 saturated carbocycles. The number of esters is 2. The minimum absolute atomic E-state index is 0.00585. The molecule has 1 heterocycles. The molecule has 1 saturated heterocycles. The van der Waals surface area contributed by atoms with Gasteiger partial charge in [0.05, 0.1) is 19.3 Å². The number of nitrogens with one attached hydrogen (secondary N) is 1. The highest BCUT2D eigenvalue weighted by Crippen LogP contribution is 2.30. The minimum Gasteiger partial charge on any atom is -0.495 e. The molecule has 1 N–H and O–H groups in total. The Hall–Kier alpha value is -2.66. The van der Waals surface area contributed by atoms with Gasteiger partial charge in [-0.1, -0.05) is 0 Å². The van der Waals surface area contributed by atoms with Crippen LogP contribution >= 0.6 is 0 Å². The van der Waals surface area contributed by atoms with E-state index in [0.717, 1.165) is 12.8 Å². The highest BCUT2D eigenvalue weighted by atomic mass is 32.2. The van der Waals surface area contributed by atoms with E-state index in [-0.39, 0.29) is 35.1 Å². The Morgan fingerprint density at radius 1 is 1.13 bits per heavy atom. The van der Waals surface area contributed by atoms with Gasteiger partial charge in [0.1, 0.15) is 10.6 Å². The molecule has 1 aliphatic rings. The van der Waals surface area contributed by atoms with Crippen LogP contribution in [0.3, 0.4) is 0 Å². The summed E-state index contributed by atoms with van der Waals surface area (Å²) in [6.45, 7) is 2.54. The molecule has 2 rings (SSSR count). The Balaban J connectivity index is 1.93. The summed E-state index contributed by atoms with van der Waals surface area (Å²) in [6, 6.07) is 3.96. The number of ether oxygens (including phenoxy) is 3. The fourth-order valence-electron chi connectivity index (χ4n) is 3.03. The Morgan fingerprint density at radius 2 is 1.84 bits per heavy atom. The Kier molecular flexibility index (Phi) is 9.25. The average molecular weight is 457 g/mol. The van der Waals surface area contributed by atoms with Crippen LogP contribution in [0.4, 0.5) is 0 Å². The van der Waals surface area contributed by atoms with Crippen molar-refractivity contribution in [1.82, 2.24) is 9.62 Å². The van der Waals surface area contributed by atoms with Crippen molar-refractivity contribution in [1.29, 1.82) is 0 Å². The summed E-state index contributed by atoms with van der Waals surface area (Å²) in [5.74, 6) is -1.58. The predicted octanol–water partition coefficient (Wildman–Crippen LogP) is 1.10. The van der Waals surface area contributed by atoms with Crippen molar-refractivity contribution in [3.63, 3.8) is 0 Å². The van der Waals surface area contributed by atoms with Crippen LogP contribution in [-0.2, 0) is 29.1 Å². The van der Waals surface area contributed by atoms with Crippen LogP contribution in [-0.4, -0.2) is 70.5 Å². The molecule has 0 unspecified atom stereocenters. The van der Waals surface area contributed by atoms with E-state index >= 15 is 0 Å². The summed E-state index contributed by atoms with van der Waals surface area (Å²) in [4.78, 5) is 35.3. The molecule has 0 aliphatic carbocycles. The van der Waals surface area contributed by atoms with Crippen LogP contribution in [0.1, 0.15) is 43.0 Å². The van der Waals surface area contributed by atoms with Gasteiger partial charge >= 0.3 is 11.9 Å². The lowest BCUT2D eigenvalue weighted by Crippen LogP contribution is -2.30. The van der Waals surface area contributed by atoms with E-state index in [9.17, 15) is 22.8 Å². The number of sulfonamides is 1. The zero-order valence-electron chi connectivity index (χ0n) is 17.7. The number of benzene rings is 1. The molecular weight excluding hydrogens is 428 g/mol. The van der Waals surface area contributed by atoms with Gasteiger partial charge in [-0.3, -0.25) is 9.59 Å². The zero-order valence-corrected chi connectivity index (χ0v) is 18.5. The average Bonchev–Trinajstić information content (AvgIpc) is 3.30. The summed E-state index contributed by atoms with van der Waals surface area (Å²) in [7, 11) is -2.46. The highest BCUT2D eigenvalue weighted by Gasteiger charge is 2.31. The van der Waals surface area contributed by atoms with Crippen LogP contribution < -0.4 is 10.1 Å². The van der Waals surface area contributed by atoms with Crippen molar-refractivity contribution < 1.29 is 37.0 Å². The molecule has 0 atom stereocenters. The molecule has 1 aromatic rings. The van der Waals surface area contributed by atoms with Crippen molar-refractivity contribution >= 4 is 27.9 Å². The van der Waals surface area contributed by atoms with Crippen LogP contribution in [0.15, 0.2) is 23.1 Å². The van der Waals surface area contributed by atoms with Gasteiger partial charge in [-0.05, 0) is 44.4 Å². The molecular formula is C20H28N2O8S. The second-order valence-electron chi connectivity index (χ2n) is 6.81. The van der Waals surface area contributed by atoms with Crippen molar-refractivity contribution in [2.24, 2.45) is 0 Å². The van der Waals surface area contributed by atoms with Gasteiger partial charge in [0, 0.05) is 26.1 Å². The van der Waals surface area contributed by atoms with Gasteiger partial charge in [0.15, 0.2) is 6.61 Å². The highest BCUT2D eigenvalue weighted by molar-refractivity contribution is 7.89. The number of carbonyl (C=O) groups is 3. The molecule has 1 aliphatic heterocycles. The molecule has 10 nitrogen and oxygen atoms in total. The van der Waals surface area contributed by atoms with Gasteiger partial charge in [-0.15, -0.1) is 0 Å². The van der Waals surface area contributed by atoms with Crippen LogP contribution in [0.5, 0.6) is 5.75 Å².